The van der Waals surface area contributed by atoms with Gasteiger partial charge in [-0.2, -0.15) is 0 Å². The van der Waals surface area contributed by atoms with Crippen LogP contribution in [0.25, 0.3) is 0 Å². The minimum Gasteiger partial charge on any atom is -0.452 e. The number of hydrogen-bond acceptors (Lipinski definition) is 3. The molecular weight excluding hydrogens is 285 g/mol. The van der Waals surface area contributed by atoms with E-state index in [9.17, 15) is 14.0 Å². The third-order valence-electron chi connectivity index (χ3n) is 2.90. The van der Waals surface area contributed by atoms with Crippen molar-refractivity contribution in [3.63, 3.8) is 0 Å². The second-order valence-corrected chi connectivity index (χ2v) is 5.01. The summed E-state index contributed by atoms with van der Waals surface area (Å²) in [6.45, 7) is 3.32. The molecule has 2 aromatic rings. The molecule has 0 bridgehead atoms. The lowest BCUT2D eigenvalue weighted by molar-refractivity contribution is -0.119. The van der Waals surface area contributed by atoms with Crippen LogP contribution in [0.1, 0.15) is 21.5 Å². The van der Waals surface area contributed by atoms with Crippen LogP contribution in [0.4, 0.5) is 10.1 Å². The number of rotatable bonds is 4. The standard InChI is InChI=1S/C17H16FNO3/c1-11-6-12(2)8-13(7-11)17(21)22-10-16(20)19-15-5-3-4-14(18)9-15/h3-9H,10H2,1-2H3,(H,19,20). The van der Waals surface area contributed by atoms with Crippen LogP contribution in [0, 0.1) is 19.7 Å². The summed E-state index contributed by atoms with van der Waals surface area (Å²) in [4.78, 5) is 23.6. The summed E-state index contributed by atoms with van der Waals surface area (Å²) < 4.78 is 17.9. The van der Waals surface area contributed by atoms with E-state index in [4.69, 9.17) is 4.74 Å². The highest BCUT2D eigenvalue weighted by Crippen LogP contribution is 2.11. The van der Waals surface area contributed by atoms with E-state index < -0.39 is 24.3 Å². The second-order valence-electron chi connectivity index (χ2n) is 5.01. The molecule has 2 aromatic carbocycles. The van der Waals surface area contributed by atoms with Crippen molar-refractivity contribution in [2.45, 2.75) is 13.8 Å². The Bertz CT molecular complexity index is 693. The number of nitrogens with one attached hydrogen (secondary N) is 1. The van der Waals surface area contributed by atoms with Gasteiger partial charge in [-0.05, 0) is 44.2 Å². The Morgan fingerprint density at radius 3 is 2.41 bits per heavy atom. The van der Waals surface area contributed by atoms with Gasteiger partial charge in [0.05, 0.1) is 5.56 Å². The molecule has 0 atom stereocenters. The molecule has 0 spiro atoms. The fourth-order valence-corrected chi connectivity index (χ4v) is 2.07. The fourth-order valence-electron chi connectivity index (χ4n) is 2.07. The Morgan fingerprint density at radius 1 is 1.09 bits per heavy atom. The lowest BCUT2D eigenvalue weighted by atomic mass is 10.1. The van der Waals surface area contributed by atoms with E-state index in [1.54, 1.807) is 18.2 Å². The smallest absolute Gasteiger partial charge is 0.338 e. The Labute approximate surface area is 127 Å². The van der Waals surface area contributed by atoms with Crippen LogP contribution >= 0.6 is 0 Å². The topological polar surface area (TPSA) is 55.4 Å². The summed E-state index contributed by atoms with van der Waals surface area (Å²) in [6, 6.07) is 10.8. The van der Waals surface area contributed by atoms with Gasteiger partial charge in [0, 0.05) is 5.69 Å². The summed E-state index contributed by atoms with van der Waals surface area (Å²) in [5.74, 6) is -1.55. The molecule has 1 N–H and O–H groups in total. The van der Waals surface area contributed by atoms with Gasteiger partial charge >= 0.3 is 5.97 Å². The van der Waals surface area contributed by atoms with E-state index in [-0.39, 0.29) is 0 Å². The molecule has 2 rings (SSSR count). The van der Waals surface area contributed by atoms with Crippen molar-refractivity contribution in [1.29, 1.82) is 0 Å². The number of anilines is 1. The summed E-state index contributed by atoms with van der Waals surface area (Å²) in [5, 5.41) is 2.46. The molecule has 22 heavy (non-hydrogen) atoms. The Kier molecular flexibility index (Phi) is 4.88. The number of carbonyl (C=O) groups is 2. The molecule has 0 fully saturated rings. The van der Waals surface area contributed by atoms with E-state index in [1.807, 2.05) is 19.9 Å². The maximum Gasteiger partial charge on any atom is 0.338 e. The van der Waals surface area contributed by atoms with Gasteiger partial charge in [-0.1, -0.05) is 23.3 Å². The van der Waals surface area contributed by atoms with Gasteiger partial charge in [-0.15, -0.1) is 0 Å². The zero-order valence-electron chi connectivity index (χ0n) is 12.4. The number of aryl methyl sites for hydroxylation is 2. The maximum atomic E-state index is 13.0. The number of halogens is 1. The molecule has 0 aliphatic heterocycles. The second kappa shape index (κ2) is 6.85. The van der Waals surface area contributed by atoms with Gasteiger partial charge in [0.15, 0.2) is 6.61 Å². The van der Waals surface area contributed by atoms with Crippen LogP contribution in [-0.2, 0) is 9.53 Å². The molecular formula is C17H16FNO3. The average Bonchev–Trinajstić information content (AvgIpc) is 2.43. The van der Waals surface area contributed by atoms with Crippen LogP contribution in [0.2, 0.25) is 0 Å². The van der Waals surface area contributed by atoms with Crippen molar-refractivity contribution in [2.75, 3.05) is 11.9 Å². The Morgan fingerprint density at radius 2 is 1.77 bits per heavy atom. The van der Waals surface area contributed by atoms with Crippen molar-refractivity contribution >= 4 is 17.6 Å². The summed E-state index contributed by atoms with van der Waals surface area (Å²) in [6.07, 6.45) is 0. The Hall–Kier alpha value is -2.69. The molecule has 0 unspecified atom stereocenters. The first-order valence-electron chi connectivity index (χ1n) is 6.75. The first kappa shape index (κ1) is 15.7. The average molecular weight is 301 g/mol. The van der Waals surface area contributed by atoms with Gasteiger partial charge < -0.3 is 10.1 Å². The van der Waals surface area contributed by atoms with Crippen molar-refractivity contribution in [1.82, 2.24) is 0 Å². The minimum absolute atomic E-state index is 0.312. The van der Waals surface area contributed by atoms with Gasteiger partial charge in [-0.3, -0.25) is 4.79 Å². The van der Waals surface area contributed by atoms with E-state index in [2.05, 4.69) is 5.32 Å². The lowest BCUT2D eigenvalue weighted by Gasteiger charge is -2.08. The number of hydrogen-bond donors (Lipinski definition) is 1. The quantitative estimate of drug-likeness (QED) is 0.882. The highest BCUT2D eigenvalue weighted by Gasteiger charge is 2.11. The maximum absolute atomic E-state index is 13.0. The van der Waals surface area contributed by atoms with E-state index in [1.165, 1.54) is 18.2 Å². The van der Waals surface area contributed by atoms with Crippen molar-refractivity contribution in [2.24, 2.45) is 0 Å². The predicted molar refractivity (Wildman–Crippen MR) is 81.2 cm³/mol. The van der Waals surface area contributed by atoms with Gasteiger partial charge in [0.1, 0.15) is 5.82 Å². The molecule has 1 amide bonds. The van der Waals surface area contributed by atoms with Gasteiger partial charge in [-0.25, -0.2) is 9.18 Å². The molecule has 0 saturated heterocycles. The van der Waals surface area contributed by atoms with Crippen molar-refractivity contribution in [3.8, 4) is 0 Å². The highest BCUT2D eigenvalue weighted by molar-refractivity contribution is 5.95. The van der Waals surface area contributed by atoms with Crippen molar-refractivity contribution in [3.05, 3.63) is 65.0 Å². The third-order valence-corrected chi connectivity index (χ3v) is 2.90. The number of ether oxygens (including phenoxy) is 1. The highest BCUT2D eigenvalue weighted by atomic mass is 19.1. The van der Waals surface area contributed by atoms with Crippen LogP contribution in [0.15, 0.2) is 42.5 Å². The molecule has 0 saturated carbocycles. The zero-order valence-corrected chi connectivity index (χ0v) is 12.4. The molecule has 0 aromatic heterocycles. The van der Waals surface area contributed by atoms with Crippen LogP contribution in [0.5, 0.6) is 0 Å². The molecule has 5 heteroatoms. The summed E-state index contributed by atoms with van der Waals surface area (Å²) >= 11 is 0. The fraction of sp³-hybridized carbons (Fsp3) is 0.176. The predicted octanol–water partition coefficient (Wildman–Crippen LogP) is 3.24. The normalized spacial score (nSPS) is 10.1. The molecule has 4 nitrogen and oxygen atoms in total. The first-order chi connectivity index (χ1) is 10.4. The van der Waals surface area contributed by atoms with Crippen LogP contribution in [0.3, 0.4) is 0 Å². The first-order valence-corrected chi connectivity index (χ1v) is 6.75. The number of carbonyl (C=O) groups excluding carboxylic acids is 2. The monoisotopic (exact) mass is 301 g/mol. The lowest BCUT2D eigenvalue weighted by Crippen LogP contribution is -2.21. The van der Waals surface area contributed by atoms with Crippen molar-refractivity contribution < 1.29 is 18.7 Å². The van der Waals surface area contributed by atoms with Gasteiger partial charge in [0.2, 0.25) is 0 Å². The number of amides is 1. The molecule has 0 aliphatic carbocycles. The summed E-state index contributed by atoms with van der Waals surface area (Å²) in [5.41, 5.74) is 2.59. The summed E-state index contributed by atoms with van der Waals surface area (Å²) in [7, 11) is 0. The zero-order chi connectivity index (χ0) is 16.1. The van der Waals surface area contributed by atoms with E-state index in [0.717, 1.165) is 11.1 Å². The Balaban J connectivity index is 1.92. The number of esters is 1. The SMILES string of the molecule is Cc1cc(C)cc(C(=O)OCC(=O)Nc2cccc(F)c2)c1. The third kappa shape index (κ3) is 4.41. The molecule has 0 radical (unpaired) electrons. The van der Waals surface area contributed by atoms with E-state index in [0.29, 0.717) is 11.3 Å². The van der Waals surface area contributed by atoms with E-state index >= 15 is 0 Å². The largest absolute Gasteiger partial charge is 0.452 e. The minimum atomic E-state index is -0.568. The molecule has 0 aliphatic rings. The molecule has 114 valence electrons. The van der Waals surface area contributed by atoms with Crippen LogP contribution in [-0.4, -0.2) is 18.5 Å². The van der Waals surface area contributed by atoms with Crippen LogP contribution < -0.4 is 5.32 Å². The molecule has 0 heterocycles. The van der Waals surface area contributed by atoms with Gasteiger partial charge in [0.25, 0.3) is 5.91 Å². The number of benzene rings is 2.